The van der Waals surface area contributed by atoms with Gasteiger partial charge in [-0.3, -0.25) is 4.79 Å². The molecular weight excluding hydrogens is 278 g/mol. The average molecular weight is 315 g/mol. The molecular formula is C18H37NO3. The average Bonchev–Trinajstić information content (AvgIpc) is 2.52. The van der Waals surface area contributed by atoms with Crippen LogP contribution in [0.15, 0.2) is 0 Å². The number of rotatable bonds is 16. The van der Waals surface area contributed by atoms with Crippen molar-refractivity contribution in [1.29, 1.82) is 0 Å². The minimum atomic E-state index is -0.685. The first-order valence-corrected chi connectivity index (χ1v) is 9.26. The maximum Gasteiger partial charge on any atom is 0.219 e. The van der Waals surface area contributed by atoms with Crippen LogP contribution in [0.2, 0.25) is 0 Å². The molecule has 0 fully saturated rings. The van der Waals surface area contributed by atoms with Crippen LogP contribution in [0, 0.1) is 0 Å². The van der Waals surface area contributed by atoms with Crippen molar-refractivity contribution < 1.29 is 15.0 Å². The van der Waals surface area contributed by atoms with E-state index in [1.807, 2.05) is 0 Å². The molecule has 4 heteroatoms. The van der Waals surface area contributed by atoms with Gasteiger partial charge in [-0.15, -0.1) is 0 Å². The zero-order valence-electron chi connectivity index (χ0n) is 14.5. The molecule has 132 valence electrons. The Hall–Kier alpha value is -0.610. The first kappa shape index (κ1) is 21.4. The molecule has 0 heterocycles. The number of hydrogen-bond donors (Lipinski definition) is 3. The fraction of sp³-hybridized carbons (Fsp3) is 0.944. The van der Waals surface area contributed by atoms with Gasteiger partial charge in [0.1, 0.15) is 0 Å². The lowest BCUT2D eigenvalue weighted by Gasteiger charge is -2.07. The highest BCUT2D eigenvalue weighted by atomic mass is 16.3. The summed E-state index contributed by atoms with van der Waals surface area (Å²) >= 11 is 0. The minimum Gasteiger partial charge on any atom is -0.394 e. The number of carbonyl (C=O) groups is 1. The molecule has 1 amide bonds. The van der Waals surface area contributed by atoms with Crippen molar-refractivity contribution in [1.82, 2.24) is 5.32 Å². The van der Waals surface area contributed by atoms with Crippen molar-refractivity contribution in [3.05, 3.63) is 0 Å². The maximum atomic E-state index is 11.5. The van der Waals surface area contributed by atoms with Crippen molar-refractivity contribution in [2.75, 3.05) is 13.2 Å². The molecule has 0 spiro atoms. The number of hydrogen-bond acceptors (Lipinski definition) is 3. The molecule has 1 atom stereocenters. The second-order valence-electron chi connectivity index (χ2n) is 6.26. The number of carbonyl (C=O) groups excluding carboxylic acids is 1. The summed E-state index contributed by atoms with van der Waals surface area (Å²) in [5.74, 6) is 0.0565. The smallest absolute Gasteiger partial charge is 0.219 e. The summed E-state index contributed by atoms with van der Waals surface area (Å²) in [6.45, 7) is 2.79. The van der Waals surface area contributed by atoms with Gasteiger partial charge >= 0.3 is 0 Å². The first-order valence-electron chi connectivity index (χ1n) is 9.26. The van der Waals surface area contributed by atoms with E-state index >= 15 is 0 Å². The zero-order chi connectivity index (χ0) is 16.5. The van der Waals surface area contributed by atoms with Crippen molar-refractivity contribution in [3.8, 4) is 0 Å². The lowest BCUT2D eigenvalue weighted by molar-refractivity contribution is -0.121. The van der Waals surface area contributed by atoms with Crippen LogP contribution < -0.4 is 5.32 Å². The molecule has 0 bridgehead atoms. The summed E-state index contributed by atoms with van der Waals surface area (Å²) in [5.41, 5.74) is 0. The quantitative estimate of drug-likeness (QED) is 0.382. The van der Waals surface area contributed by atoms with Crippen molar-refractivity contribution in [2.45, 2.75) is 96.5 Å². The lowest BCUT2D eigenvalue weighted by Crippen LogP contribution is -2.24. The molecule has 22 heavy (non-hydrogen) atoms. The number of aliphatic hydroxyl groups excluding tert-OH is 2. The van der Waals surface area contributed by atoms with Gasteiger partial charge in [-0.2, -0.15) is 0 Å². The van der Waals surface area contributed by atoms with Gasteiger partial charge in [0.2, 0.25) is 5.91 Å². The van der Waals surface area contributed by atoms with Crippen LogP contribution in [0.1, 0.15) is 90.4 Å². The predicted molar refractivity (Wildman–Crippen MR) is 91.8 cm³/mol. The molecule has 0 saturated heterocycles. The Labute approximate surface area is 136 Å². The topological polar surface area (TPSA) is 69.6 Å². The van der Waals surface area contributed by atoms with E-state index < -0.39 is 6.10 Å². The molecule has 0 rings (SSSR count). The molecule has 4 nitrogen and oxygen atoms in total. The Morgan fingerprint density at radius 2 is 1.45 bits per heavy atom. The standard InChI is InChI=1S/C18H37NO3/c1-2-3-4-5-6-7-8-9-10-11-15-19-18(22)14-12-13-17(21)16-20/h17,20-21H,2-16H2,1H3,(H,19,22)/t17-/m1/s1. The molecule has 0 aromatic rings. The summed E-state index contributed by atoms with van der Waals surface area (Å²) in [4.78, 5) is 11.5. The highest BCUT2D eigenvalue weighted by Gasteiger charge is 2.04. The van der Waals surface area contributed by atoms with Crippen LogP contribution in [-0.2, 0) is 4.79 Å². The van der Waals surface area contributed by atoms with Gasteiger partial charge in [0.05, 0.1) is 12.7 Å². The summed E-state index contributed by atoms with van der Waals surface area (Å²) in [6, 6.07) is 0. The summed E-state index contributed by atoms with van der Waals surface area (Å²) in [7, 11) is 0. The van der Waals surface area contributed by atoms with Gasteiger partial charge in [-0.05, 0) is 19.3 Å². The van der Waals surface area contributed by atoms with Crippen LogP contribution in [-0.4, -0.2) is 35.4 Å². The van der Waals surface area contributed by atoms with Gasteiger partial charge in [0.25, 0.3) is 0 Å². The van der Waals surface area contributed by atoms with E-state index in [-0.39, 0.29) is 12.5 Å². The maximum absolute atomic E-state index is 11.5. The number of aliphatic hydroxyl groups is 2. The van der Waals surface area contributed by atoms with E-state index in [2.05, 4.69) is 12.2 Å². The van der Waals surface area contributed by atoms with Crippen LogP contribution in [0.4, 0.5) is 0 Å². The predicted octanol–water partition coefficient (Wildman–Crippen LogP) is 3.55. The second kappa shape index (κ2) is 16.8. The Morgan fingerprint density at radius 1 is 0.909 bits per heavy atom. The number of unbranched alkanes of at least 4 members (excludes halogenated alkanes) is 9. The third-order valence-corrected chi connectivity index (χ3v) is 4.00. The summed E-state index contributed by atoms with van der Waals surface area (Å²) in [5, 5.41) is 20.7. The lowest BCUT2D eigenvalue weighted by atomic mass is 10.1. The molecule has 0 aliphatic rings. The monoisotopic (exact) mass is 315 g/mol. The normalized spacial score (nSPS) is 12.3. The number of amides is 1. The van der Waals surface area contributed by atoms with Crippen molar-refractivity contribution in [3.63, 3.8) is 0 Å². The summed E-state index contributed by atoms with van der Waals surface area (Å²) < 4.78 is 0. The highest BCUT2D eigenvalue weighted by Crippen LogP contribution is 2.10. The fourth-order valence-electron chi connectivity index (χ4n) is 2.52. The fourth-order valence-corrected chi connectivity index (χ4v) is 2.52. The molecule has 0 unspecified atom stereocenters. The second-order valence-corrected chi connectivity index (χ2v) is 6.26. The Bertz CT molecular complexity index is 246. The van der Waals surface area contributed by atoms with Crippen LogP contribution in [0.25, 0.3) is 0 Å². The molecule has 0 saturated carbocycles. The van der Waals surface area contributed by atoms with Gasteiger partial charge in [-0.1, -0.05) is 64.7 Å². The minimum absolute atomic E-state index is 0.0565. The molecule has 0 aromatic carbocycles. The molecule has 3 N–H and O–H groups in total. The zero-order valence-corrected chi connectivity index (χ0v) is 14.5. The van der Waals surface area contributed by atoms with E-state index in [9.17, 15) is 4.79 Å². The van der Waals surface area contributed by atoms with Crippen molar-refractivity contribution in [2.24, 2.45) is 0 Å². The largest absolute Gasteiger partial charge is 0.394 e. The Balaban J connectivity index is 3.17. The van der Waals surface area contributed by atoms with Crippen LogP contribution in [0.3, 0.4) is 0 Å². The third-order valence-electron chi connectivity index (χ3n) is 4.00. The third kappa shape index (κ3) is 15.8. The van der Waals surface area contributed by atoms with Gasteiger partial charge < -0.3 is 15.5 Å². The Kier molecular flexibility index (Phi) is 16.3. The van der Waals surface area contributed by atoms with Crippen LogP contribution in [0.5, 0.6) is 0 Å². The SMILES string of the molecule is CCCCCCCCCCCCNC(=O)CCC[C@@H](O)CO. The van der Waals surface area contributed by atoms with E-state index in [0.29, 0.717) is 19.3 Å². The molecule has 0 radical (unpaired) electrons. The summed E-state index contributed by atoms with van der Waals surface area (Å²) in [6.07, 6.45) is 13.9. The van der Waals surface area contributed by atoms with Gasteiger partial charge in [0.15, 0.2) is 0 Å². The van der Waals surface area contributed by atoms with Gasteiger partial charge in [-0.25, -0.2) is 0 Å². The highest BCUT2D eigenvalue weighted by molar-refractivity contribution is 5.75. The van der Waals surface area contributed by atoms with Gasteiger partial charge in [0, 0.05) is 13.0 Å². The number of nitrogens with one attached hydrogen (secondary N) is 1. The van der Waals surface area contributed by atoms with E-state index in [1.165, 1.54) is 57.8 Å². The molecule has 0 aliphatic heterocycles. The van der Waals surface area contributed by atoms with E-state index in [4.69, 9.17) is 10.2 Å². The van der Waals surface area contributed by atoms with Crippen LogP contribution >= 0.6 is 0 Å². The van der Waals surface area contributed by atoms with Crippen molar-refractivity contribution >= 4 is 5.91 Å². The molecule has 0 aliphatic carbocycles. The van der Waals surface area contributed by atoms with E-state index in [1.54, 1.807) is 0 Å². The first-order chi connectivity index (χ1) is 10.7. The molecule has 0 aromatic heterocycles. The van der Waals surface area contributed by atoms with E-state index in [0.717, 1.165) is 13.0 Å². The Morgan fingerprint density at radius 3 is 2.00 bits per heavy atom.